The van der Waals surface area contributed by atoms with Crippen molar-refractivity contribution >= 4 is 17.3 Å². The first-order valence-corrected chi connectivity index (χ1v) is 7.17. The number of methoxy groups -OCH3 is 1. The molecule has 0 aliphatic carbocycles. The van der Waals surface area contributed by atoms with E-state index in [1.807, 2.05) is 11.8 Å². The molecule has 1 aliphatic heterocycles. The highest BCUT2D eigenvalue weighted by molar-refractivity contribution is 5.97. The zero-order valence-corrected chi connectivity index (χ0v) is 12.5. The molecular formula is C15H23N3O3. The number of hydrogen-bond acceptors (Lipinski definition) is 5. The first-order chi connectivity index (χ1) is 10.1. The zero-order chi connectivity index (χ0) is 15.4. The fourth-order valence-corrected chi connectivity index (χ4v) is 2.73. The van der Waals surface area contributed by atoms with Crippen LogP contribution in [0.15, 0.2) is 18.2 Å². The van der Waals surface area contributed by atoms with Gasteiger partial charge < -0.3 is 20.9 Å². The fourth-order valence-electron chi connectivity index (χ4n) is 2.73. The van der Waals surface area contributed by atoms with Crippen LogP contribution in [0, 0.1) is 0 Å². The summed E-state index contributed by atoms with van der Waals surface area (Å²) in [5, 5.41) is 12.2. The molecule has 116 valence electrons. The van der Waals surface area contributed by atoms with Gasteiger partial charge in [0.1, 0.15) is 5.75 Å². The van der Waals surface area contributed by atoms with Crippen molar-refractivity contribution in [1.82, 2.24) is 4.90 Å². The van der Waals surface area contributed by atoms with E-state index in [2.05, 4.69) is 5.32 Å². The molecule has 2 atom stereocenters. The van der Waals surface area contributed by atoms with Crippen LogP contribution in [-0.2, 0) is 4.79 Å². The molecule has 6 nitrogen and oxygen atoms in total. The van der Waals surface area contributed by atoms with Gasteiger partial charge in [0, 0.05) is 12.1 Å². The highest BCUT2D eigenvalue weighted by Crippen LogP contribution is 2.25. The third-order valence-electron chi connectivity index (χ3n) is 4.03. The van der Waals surface area contributed by atoms with Crippen LogP contribution in [-0.4, -0.2) is 48.3 Å². The van der Waals surface area contributed by atoms with Crippen LogP contribution in [0.3, 0.4) is 0 Å². The minimum absolute atomic E-state index is 0.0685. The summed E-state index contributed by atoms with van der Waals surface area (Å²) in [5.41, 5.74) is 6.95. The molecule has 2 unspecified atom stereocenters. The maximum absolute atomic E-state index is 12.3. The summed E-state index contributed by atoms with van der Waals surface area (Å²) in [4.78, 5) is 14.4. The third kappa shape index (κ3) is 3.46. The van der Waals surface area contributed by atoms with Crippen molar-refractivity contribution in [1.29, 1.82) is 0 Å². The van der Waals surface area contributed by atoms with Crippen molar-refractivity contribution in [3.8, 4) is 5.75 Å². The SMILES string of the molecule is COc1ccc(NC(=O)C(C)N2CCCC2CO)c(N)c1. The zero-order valence-electron chi connectivity index (χ0n) is 12.5. The minimum atomic E-state index is -0.300. The second-order valence-corrected chi connectivity index (χ2v) is 5.33. The van der Waals surface area contributed by atoms with E-state index in [9.17, 15) is 9.90 Å². The van der Waals surface area contributed by atoms with Gasteiger partial charge in [-0.3, -0.25) is 9.69 Å². The van der Waals surface area contributed by atoms with E-state index in [1.165, 1.54) is 0 Å². The molecule has 1 aromatic rings. The molecule has 1 fully saturated rings. The number of hydrogen-bond donors (Lipinski definition) is 3. The monoisotopic (exact) mass is 293 g/mol. The van der Waals surface area contributed by atoms with Crippen molar-refractivity contribution in [2.75, 3.05) is 31.3 Å². The fraction of sp³-hybridized carbons (Fsp3) is 0.533. The molecule has 21 heavy (non-hydrogen) atoms. The van der Waals surface area contributed by atoms with E-state index in [-0.39, 0.29) is 24.6 Å². The standard InChI is InChI=1S/C15H23N3O3/c1-10(18-7-3-4-11(18)9-19)15(20)17-14-6-5-12(21-2)8-13(14)16/h5-6,8,10-11,19H,3-4,7,9,16H2,1-2H3,(H,17,20). The molecular weight excluding hydrogens is 270 g/mol. The lowest BCUT2D eigenvalue weighted by atomic mass is 10.2. The Morgan fingerprint density at radius 2 is 2.38 bits per heavy atom. The number of anilines is 2. The summed E-state index contributed by atoms with van der Waals surface area (Å²) < 4.78 is 5.08. The first kappa shape index (κ1) is 15.6. The predicted octanol–water partition coefficient (Wildman–Crippen LogP) is 1.06. The van der Waals surface area contributed by atoms with Gasteiger partial charge in [-0.05, 0) is 38.4 Å². The topological polar surface area (TPSA) is 87.8 Å². The van der Waals surface area contributed by atoms with E-state index < -0.39 is 0 Å². The number of rotatable bonds is 5. The first-order valence-electron chi connectivity index (χ1n) is 7.17. The van der Waals surface area contributed by atoms with Gasteiger partial charge in [0.15, 0.2) is 0 Å². The summed E-state index contributed by atoms with van der Waals surface area (Å²) in [6, 6.07) is 4.92. The number of carbonyl (C=O) groups excluding carboxylic acids is 1. The number of nitrogens with zero attached hydrogens (tertiary/aromatic N) is 1. The van der Waals surface area contributed by atoms with Crippen LogP contribution in [0.1, 0.15) is 19.8 Å². The number of likely N-dealkylation sites (tertiary alicyclic amines) is 1. The predicted molar refractivity (Wildman–Crippen MR) is 82.3 cm³/mol. The van der Waals surface area contributed by atoms with Gasteiger partial charge in [-0.15, -0.1) is 0 Å². The van der Waals surface area contributed by atoms with Gasteiger partial charge >= 0.3 is 0 Å². The van der Waals surface area contributed by atoms with Crippen molar-refractivity contribution in [3.05, 3.63) is 18.2 Å². The van der Waals surface area contributed by atoms with Crippen LogP contribution in [0.5, 0.6) is 5.75 Å². The van der Waals surface area contributed by atoms with Crippen molar-refractivity contribution in [3.63, 3.8) is 0 Å². The van der Waals surface area contributed by atoms with E-state index in [0.29, 0.717) is 17.1 Å². The average Bonchev–Trinajstić information content (AvgIpc) is 2.96. The lowest BCUT2D eigenvalue weighted by Gasteiger charge is -2.28. The van der Waals surface area contributed by atoms with Crippen LogP contribution in [0.25, 0.3) is 0 Å². The van der Waals surface area contributed by atoms with Crippen molar-refractivity contribution < 1.29 is 14.6 Å². The number of aliphatic hydroxyl groups excluding tert-OH is 1. The lowest BCUT2D eigenvalue weighted by Crippen LogP contribution is -2.45. The minimum Gasteiger partial charge on any atom is -0.497 e. The quantitative estimate of drug-likeness (QED) is 0.707. The third-order valence-corrected chi connectivity index (χ3v) is 4.03. The molecule has 6 heteroatoms. The Morgan fingerprint density at radius 1 is 1.62 bits per heavy atom. The van der Waals surface area contributed by atoms with Gasteiger partial charge in [0.2, 0.25) is 5.91 Å². The molecule has 1 aliphatic rings. The van der Waals surface area contributed by atoms with Crippen molar-refractivity contribution in [2.24, 2.45) is 0 Å². The molecule has 2 rings (SSSR count). The molecule has 1 aromatic carbocycles. The van der Waals surface area contributed by atoms with Gasteiger partial charge in [0.25, 0.3) is 0 Å². The maximum atomic E-state index is 12.3. The molecule has 0 radical (unpaired) electrons. The van der Waals surface area contributed by atoms with Gasteiger partial charge in [0.05, 0.1) is 31.1 Å². The summed E-state index contributed by atoms with van der Waals surface area (Å²) >= 11 is 0. The molecule has 0 bridgehead atoms. The number of nitrogens with one attached hydrogen (secondary N) is 1. The Balaban J connectivity index is 2.03. The Bertz CT molecular complexity index is 507. The van der Waals surface area contributed by atoms with E-state index in [0.717, 1.165) is 19.4 Å². The summed E-state index contributed by atoms with van der Waals surface area (Å²) in [7, 11) is 1.57. The van der Waals surface area contributed by atoms with Crippen LogP contribution in [0.4, 0.5) is 11.4 Å². The highest BCUT2D eigenvalue weighted by Gasteiger charge is 2.31. The molecule has 1 amide bonds. The Labute approximate surface area is 124 Å². The maximum Gasteiger partial charge on any atom is 0.241 e. The number of aliphatic hydroxyl groups is 1. The molecule has 0 saturated carbocycles. The molecule has 0 aromatic heterocycles. The van der Waals surface area contributed by atoms with E-state index in [4.69, 9.17) is 10.5 Å². The summed E-state index contributed by atoms with van der Waals surface area (Å²) in [6.45, 7) is 2.77. The summed E-state index contributed by atoms with van der Waals surface area (Å²) in [6.07, 6.45) is 1.94. The van der Waals surface area contributed by atoms with Crippen LogP contribution >= 0.6 is 0 Å². The number of nitrogens with two attached hydrogens (primary N) is 1. The molecule has 1 saturated heterocycles. The van der Waals surface area contributed by atoms with Crippen LogP contribution < -0.4 is 15.8 Å². The number of benzene rings is 1. The second kappa shape index (κ2) is 6.78. The van der Waals surface area contributed by atoms with E-state index >= 15 is 0 Å². The number of nitrogen functional groups attached to an aromatic ring is 1. The van der Waals surface area contributed by atoms with Crippen LogP contribution in [0.2, 0.25) is 0 Å². The normalized spacial score (nSPS) is 20.2. The largest absolute Gasteiger partial charge is 0.497 e. The Morgan fingerprint density at radius 3 is 3.00 bits per heavy atom. The Hall–Kier alpha value is -1.79. The van der Waals surface area contributed by atoms with Gasteiger partial charge in [-0.25, -0.2) is 0 Å². The smallest absolute Gasteiger partial charge is 0.241 e. The van der Waals surface area contributed by atoms with Crippen molar-refractivity contribution in [2.45, 2.75) is 31.8 Å². The summed E-state index contributed by atoms with van der Waals surface area (Å²) in [5.74, 6) is 0.533. The highest BCUT2D eigenvalue weighted by atomic mass is 16.5. The second-order valence-electron chi connectivity index (χ2n) is 5.33. The van der Waals surface area contributed by atoms with Gasteiger partial charge in [-0.2, -0.15) is 0 Å². The number of ether oxygens (including phenoxy) is 1. The number of carbonyl (C=O) groups is 1. The molecule has 1 heterocycles. The number of amides is 1. The average molecular weight is 293 g/mol. The molecule has 4 N–H and O–H groups in total. The lowest BCUT2D eigenvalue weighted by molar-refractivity contribution is -0.121. The van der Waals surface area contributed by atoms with Gasteiger partial charge in [-0.1, -0.05) is 0 Å². The molecule has 0 spiro atoms. The Kier molecular flexibility index (Phi) is 5.03. The van der Waals surface area contributed by atoms with E-state index in [1.54, 1.807) is 25.3 Å².